The van der Waals surface area contributed by atoms with Gasteiger partial charge in [-0.25, -0.2) is 4.39 Å². The van der Waals surface area contributed by atoms with Crippen LogP contribution in [0.4, 0.5) is 4.39 Å². The number of aliphatic hydroxyl groups excluding tert-OH is 1. The fraction of sp³-hybridized carbons (Fsp3) is 0.571. The highest BCUT2D eigenvalue weighted by atomic mass is 79.9. The topological polar surface area (TPSA) is 29.5 Å². The van der Waals surface area contributed by atoms with Gasteiger partial charge in [0.2, 0.25) is 0 Å². The molecule has 0 amide bonds. The summed E-state index contributed by atoms with van der Waals surface area (Å²) >= 11 is 3.31. The maximum absolute atomic E-state index is 13.8. The van der Waals surface area contributed by atoms with Crippen molar-refractivity contribution in [3.8, 4) is 0 Å². The van der Waals surface area contributed by atoms with E-state index < -0.39 is 11.7 Å². The number of rotatable bonds is 4. The van der Waals surface area contributed by atoms with Crippen LogP contribution in [0, 0.1) is 5.82 Å². The summed E-state index contributed by atoms with van der Waals surface area (Å²) in [5.74, 6) is -0.378. The Labute approximate surface area is 115 Å². The van der Waals surface area contributed by atoms with Crippen LogP contribution in [-0.2, 0) is 4.74 Å². The third-order valence-electron chi connectivity index (χ3n) is 3.63. The smallest absolute Gasteiger partial charge is 0.129 e. The zero-order valence-corrected chi connectivity index (χ0v) is 12.0. The van der Waals surface area contributed by atoms with Gasteiger partial charge in [-0.05, 0) is 38.0 Å². The van der Waals surface area contributed by atoms with Crippen molar-refractivity contribution >= 4 is 15.9 Å². The van der Waals surface area contributed by atoms with Crippen LogP contribution in [0.5, 0.6) is 0 Å². The van der Waals surface area contributed by atoms with Gasteiger partial charge >= 0.3 is 0 Å². The van der Waals surface area contributed by atoms with Crippen molar-refractivity contribution in [2.24, 2.45) is 0 Å². The molecule has 1 aliphatic rings. The summed E-state index contributed by atoms with van der Waals surface area (Å²) in [4.78, 5) is 0. The summed E-state index contributed by atoms with van der Waals surface area (Å²) in [6, 6.07) is 4.64. The molecule has 0 spiro atoms. The first-order valence-corrected chi connectivity index (χ1v) is 7.15. The summed E-state index contributed by atoms with van der Waals surface area (Å²) in [5, 5.41) is 10.5. The van der Waals surface area contributed by atoms with E-state index in [1.165, 1.54) is 6.07 Å². The summed E-state index contributed by atoms with van der Waals surface area (Å²) < 4.78 is 20.4. The van der Waals surface area contributed by atoms with E-state index in [1.807, 2.05) is 6.92 Å². The lowest BCUT2D eigenvalue weighted by atomic mass is 9.89. The van der Waals surface area contributed by atoms with Crippen molar-refractivity contribution in [3.05, 3.63) is 34.1 Å². The molecule has 0 radical (unpaired) electrons. The second-order valence-corrected chi connectivity index (χ2v) is 5.69. The van der Waals surface area contributed by atoms with Gasteiger partial charge in [-0.3, -0.25) is 0 Å². The van der Waals surface area contributed by atoms with Crippen molar-refractivity contribution < 1.29 is 14.2 Å². The van der Waals surface area contributed by atoms with E-state index in [-0.39, 0.29) is 5.82 Å². The molecule has 0 aromatic heterocycles. The fourth-order valence-electron chi connectivity index (χ4n) is 2.77. The van der Waals surface area contributed by atoms with E-state index in [1.54, 1.807) is 12.1 Å². The minimum absolute atomic E-state index is 0.319. The van der Waals surface area contributed by atoms with Crippen molar-refractivity contribution in [2.75, 3.05) is 6.61 Å². The Morgan fingerprint density at radius 2 is 2.11 bits per heavy atom. The van der Waals surface area contributed by atoms with Crippen LogP contribution in [0.25, 0.3) is 0 Å². The largest absolute Gasteiger partial charge is 0.385 e. The molecule has 1 fully saturated rings. The molecule has 1 aromatic carbocycles. The number of benzene rings is 1. The lowest BCUT2D eigenvalue weighted by Gasteiger charge is -2.34. The second kappa shape index (κ2) is 5.68. The third-order valence-corrected chi connectivity index (χ3v) is 4.13. The molecule has 4 heteroatoms. The highest BCUT2D eigenvalue weighted by molar-refractivity contribution is 9.10. The van der Waals surface area contributed by atoms with E-state index in [4.69, 9.17) is 4.74 Å². The van der Waals surface area contributed by atoms with Gasteiger partial charge in [0.1, 0.15) is 11.9 Å². The Kier molecular flexibility index (Phi) is 4.41. The van der Waals surface area contributed by atoms with Gasteiger partial charge in [0.25, 0.3) is 0 Å². The van der Waals surface area contributed by atoms with Gasteiger partial charge in [-0.2, -0.15) is 0 Å². The monoisotopic (exact) mass is 316 g/mol. The Balaban J connectivity index is 2.33. The predicted octanol–water partition coefficient (Wildman–Crippen LogP) is 3.97. The summed E-state index contributed by atoms with van der Waals surface area (Å²) in [5.41, 5.74) is -0.296. The number of hydrogen-bond acceptors (Lipinski definition) is 2. The number of hydrogen-bond donors (Lipinski definition) is 1. The van der Waals surface area contributed by atoms with Crippen LogP contribution in [-0.4, -0.2) is 17.3 Å². The molecule has 0 bridgehead atoms. The van der Waals surface area contributed by atoms with Crippen molar-refractivity contribution in [1.29, 1.82) is 0 Å². The van der Waals surface area contributed by atoms with Gasteiger partial charge in [0.05, 0.1) is 5.60 Å². The average Bonchev–Trinajstić information content (AvgIpc) is 2.82. The second-order valence-electron chi connectivity index (χ2n) is 4.77. The Morgan fingerprint density at radius 1 is 1.44 bits per heavy atom. The minimum Gasteiger partial charge on any atom is -0.385 e. The molecular formula is C14H18BrFO2. The molecule has 18 heavy (non-hydrogen) atoms. The van der Waals surface area contributed by atoms with Crippen LogP contribution in [0.3, 0.4) is 0 Å². The number of aliphatic hydroxyl groups is 1. The summed E-state index contributed by atoms with van der Waals surface area (Å²) in [6.07, 6.45) is 2.71. The molecule has 1 aliphatic carbocycles. The fourth-order valence-corrected chi connectivity index (χ4v) is 3.14. The Bertz CT molecular complexity index is 416. The molecule has 1 N–H and O–H groups in total. The highest BCUT2D eigenvalue weighted by Gasteiger charge is 2.43. The van der Waals surface area contributed by atoms with E-state index in [0.717, 1.165) is 30.2 Å². The first kappa shape index (κ1) is 14.0. The van der Waals surface area contributed by atoms with Crippen LogP contribution < -0.4 is 0 Å². The van der Waals surface area contributed by atoms with Gasteiger partial charge < -0.3 is 9.84 Å². The molecule has 2 nitrogen and oxygen atoms in total. The molecule has 100 valence electrons. The average molecular weight is 317 g/mol. The van der Waals surface area contributed by atoms with E-state index in [9.17, 15) is 9.50 Å². The third kappa shape index (κ3) is 2.60. The normalized spacial score (nSPS) is 20.0. The molecule has 0 saturated heterocycles. The zero-order chi connectivity index (χ0) is 13.2. The summed E-state index contributed by atoms with van der Waals surface area (Å²) in [6.45, 7) is 2.44. The van der Waals surface area contributed by atoms with Crippen LogP contribution in [0.2, 0.25) is 0 Å². The highest BCUT2D eigenvalue weighted by Crippen LogP contribution is 2.43. The number of halogens is 2. The SMILES string of the molecule is CCOC1(C(O)c2cc(Br)ccc2F)CCCC1. The van der Waals surface area contributed by atoms with Gasteiger partial charge in [-0.1, -0.05) is 28.8 Å². The van der Waals surface area contributed by atoms with Crippen LogP contribution >= 0.6 is 15.9 Å². The zero-order valence-electron chi connectivity index (χ0n) is 10.5. The van der Waals surface area contributed by atoms with Crippen molar-refractivity contribution in [2.45, 2.75) is 44.3 Å². The van der Waals surface area contributed by atoms with Gasteiger partial charge in [0.15, 0.2) is 0 Å². The van der Waals surface area contributed by atoms with Crippen molar-refractivity contribution in [1.82, 2.24) is 0 Å². The molecule has 0 heterocycles. The Hall–Kier alpha value is -0.450. The summed E-state index contributed by atoms with van der Waals surface area (Å²) in [7, 11) is 0. The maximum Gasteiger partial charge on any atom is 0.129 e. The minimum atomic E-state index is -0.905. The molecule has 1 unspecified atom stereocenters. The van der Waals surface area contributed by atoms with Gasteiger partial charge in [0, 0.05) is 16.6 Å². The Morgan fingerprint density at radius 3 is 2.72 bits per heavy atom. The lowest BCUT2D eigenvalue weighted by Crippen LogP contribution is -2.37. The quantitative estimate of drug-likeness (QED) is 0.910. The van der Waals surface area contributed by atoms with Crippen molar-refractivity contribution in [3.63, 3.8) is 0 Å². The predicted molar refractivity (Wildman–Crippen MR) is 71.9 cm³/mol. The molecule has 1 aromatic rings. The standard InChI is InChI=1S/C14H18BrFO2/c1-2-18-14(7-3-4-8-14)13(17)11-9-10(15)5-6-12(11)16/h5-6,9,13,17H,2-4,7-8H2,1H3. The van der Waals surface area contributed by atoms with Gasteiger partial charge in [-0.15, -0.1) is 0 Å². The lowest BCUT2D eigenvalue weighted by molar-refractivity contribution is -0.119. The first-order chi connectivity index (χ1) is 8.59. The van der Waals surface area contributed by atoms with E-state index in [0.29, 0.717) is 12.2 Å². The van der Waals surface area contributed by atoms with Crippen LogP contribution in [0.1, 0.15) is 44.3 Å². The maximum atomic E-state index is 13.8. The molecule has 2 rings (SSSR count). The number of ether oxygens (including phenoxy) is 1. The molecular weight excluding hydrogens is 299 g/mol. The molecule has 0 aliphatic heterocycles. The first-order valence-electron chi connectivity index (χ1n) is 6.36. The van der Waals surface area contributed by atoms with E-state index >= 15 is 0 Å². The van der Waals surface area contributed by atoms with Crippen LogP contribution in [0.15, 0.2) is 22.7 Å². The van der Waals surface area contributed by atoms with E-state index in [2.05, 4.69) is 15.9 Å². The molecule has 1 saturated carbocycles. The molecule has 1 atom stereocenters.